The molecule has 2 aliphatic rings. The van der Waals surface area contributed by atoms with E-state index in [0.29, 0.717) is 73.7 Å². The third kappa shape index (κ3) is 10.3. The fourth-order valence-corrected chi connectivity index (χ4v) is 9.08. The highest BCUT2D eigenvalue weighted by molar-refractivity contribution is 6.11. The zero-order valence-electron chi connectivity index (χ0n) is 36.7. The van der Waals surface area contributed by atoms with Crippen LogP contribution in [-0.2, 0) is 30.5 Å². The minimum Gasteiger partial charge on any atom is -0.491 e. The molecule has 4 atom stereocenters. The normalized spacial score (nSPS) is 16.6. The number of likely N-dealkylation sites (tertiary alicyclic amines) is 2. The molecule has 8 rings (SSSR count). The average Bonchev–Trinajstić information content (AvgIpc) is 4.10. The first-order valence-electron chi connectivity index (χ1n) is 22.1. The third-order valence-corrected chi connectivity index (χ3v) is 12.2. The summed E-state index contributed by atoms with van der Waals surface area (Å²) < 4.78 is 13.2. The molecular weight excluding hydrogens is 859 g/mol. The van der Waals surface area contributed by atoms with E-state index in [1.165, 1.54) is 9.80 Å². The average molecular weight is 910 g/mol. The molecule has 2 unspecified atom stereocenters. The maximum atomic E-state index is 14.1. The number of carbonyl (C=O) groups excluding carboxylic acids is 4. The van der Waals surface area contributed by atoms with Crippen molar-refractivity contribution in [2.24, 2.45) is 0 Å². The Morgan fingerprint density at radius 3 is 1.57 bits per heavy atom. The Labute approximate surface area is 385 Å². The summed E-state index contributed by atoms with van der Waals surface area (Å²) in [5.74, 6) is -1.19. The summed E-state index contributed by atoms with van der Waals surface area (Å²) in [6.45, 7) is 1.71. The maximum Gasteiger partial charge on any atom is 0.405 e. The summed E-state index contributed by atoms with van der Waals surface area (Å²) in [5.41, 5.74) is 4.32. The fraction of sp³-hybridized carbons (Fsp3) is 0.280. The lowest BCUT2D eigenvalue weighted by molar-refractivity contribution is -0.138. The van der Waals surface area contributed by atoms with Crippen LogP contribution in [0.2, 0.25) is 0 Å². The Morgan fingerprint density at radius 1 is 0.612 bits per heavy atom. The van der Waals surface area contributed by atoms with Crippen LogP contribution in [-0.4, -0.2) is 106 Å². The van der Waals surface area contributed by atoms with Gasteiger partial charge in [0, 0.05) is 48.9 Å². The minimum absolute atomic E-state index is 0.285. The van der Waals surface area contributed by atoms with Crippen molar-refractivity contribution in [3.05, 3.63) is 138 Å². The standard InChI is InChI=1S/C50H51N7O10/c1-66-25-26-67-36-16-8-11-31(27-36)30-57-41-28-34(51-45(58)39-17-9-23-55(39)47(60)43(53-49(62)63)32-12-4-2-5-13-32)19-21-37(41)38-22-20-35(29-42(38)57)52-46(59)40-18-10-24-56(40)48(61)44(54-50(64)65)33-14-6-3-7-15-33/h2-8,11-16,19-22,27-29,39-40,43-44,53-54H,9-10,17-18,23-26,30H2,1H3,(H,51,58)(H,52,59)(H,62,63)(H,64,65)/t39-,40-,43?,44?/m0/s1. The number of nitrogens with zero attached hydrogens (tertiary/aromatic N) is 3. The van der Waals surface area contributed by atoms with E-state index >= 15 is 0 Å². The number of hydrogen-bond donors (Lipinski definition) is 6. The number of aromatic nitrogens is 1. The summed E-state index contributed by atoms with van der Waals surface area (Å²) in [5, 5.41) is 31.6. The van der Waals surface area contributed by atoms with Gasteiger partial charge >= 0.3 is 12.2 Å². The first-order chi connectivity index (χ1) is 32.5. The van der Waals surface area contributed by atoms with Crippen molar-refractivity contribution in [2.45, 2.75) is 56.4 Å². The lowest BCUT2D eigenvalue weighted by atomic mass is 10.0. The molecule has 2 saturated heterocycles. The molecule has 2 aliphatic heterocycles. The lowest BCUT2D eigenvalue weighted by Crippen LogP contribution is -2.48. The second kappa shape index (κ2) is 20.5. The molecule has 3 heterocycles. The third-order valence-electron chi connectivity index (χ3n) is 12.2. The molecule has 17 nitrogen and oxygen atoms in total. The van der Waals surface area contributed by atoms with Gasteiger partial charge in [-0.3, -0.25) is 19.2 Å². The van der Waals surface area contributed by atoms with Gasteiger partial charge in [0.1, 0.15) is 36.5 Å². The molecule has 17 heteroatoms. The number of methoxy groups -OCH3 is 1. The van der Waals surface area contributed by atoms with Crippen molar-refractivity contribution in [1.29, 1.82) is 0 Å². The van der Waals surface area contributed by atoms with E-state index < -0.39 is 60.0 Å². The van der Waals surface area contributed by atoms with Crippen molar-refractivity contribution in [2.75, 3.05) is 44.0 Å². The van der Waals surface area contributed by atoms with Gasteiger partial charge in [0.05, 0.1) is 17.6 Å². The van der Waals surface area contributed by atoms with Gasteiger partial charge in [-0.2, -0.15) is 0 Å². The highest BCUT2D eigenvalue weighted by Crippen LogP contribution is 2.35. The van der Waals surface area contributed by atoms with Crippen LogP contribution in [0.4, 0.5) is 21.0 Å². The van der Waals surface area contributed by atoms with E-state index in [1.54, 1.807) is 79.9 Å². The van der Waals surface area contributed by atoms with Gasteiger partial charge in [-0.1, -0.05) is 84.9 Å². The number of carboxylic acid groups (broad SMARTS) is 2. The first-order valence-corrected chi connectivity index (χ1v) is 22.1. The Hall–Kier alpha value is -7.92. The predicted octanol–water partition coefficient (Wildman–Crippen LogP) is 6.74. The van der Waals surface area contributed by atoms with Crippen LogP contribution in [0.3, 0.4) is 0 Å². The number of hydrogen-bond acceptors (Lipinski definition) is 8. The molecule has 6 amide bonds. The van der Waals surface area contributed by atoms with Crippen LogP contribution in [0.15, 0.2) is 121 Å². The van der Waals surface area contributed by atoms with E-state index in [9.17, 15) is 39.0 Å². The molecule has 67 heavy (non-hydrogen) atoms. The smallest absolute Gasteiger partial charge is 0.405 e. The zero-order chi connectivity index (χ0) is 47.0. The topological polar surface area (TPSA) is 221 Å². The molecule has 1 aromatic heterocycles. The largest absolute Gasteiger partial charge is 0.491 e. The lowest BCUT2D eigenvalue weighted by Gasteiger charge is -2.28. The second-order valence-electron chi connectivity index (χ2n) is 16.5. The number of anilines is 2. The summed E-state index contributed by atoms with van der Waals surface area (Å²) >= 11 is 0. The van der Waals surface area contributed by atoms with Gasteiger partial charge in [-0.25, -0.2) is 9.59 Å². The number of nitrogens with one attached hydrogen (secondary N) is 4. The fourth-order valence-electron chi connectivity index (χ4n) is 9.08. The summed E-state index contributed by atoms with van der Waals surface area (Å²) in [7, 11) is 1.60. The summed E-state index contributed by atoms with van der Waals surface area (Å²) in [4.78, 5) is 82.3. The highest BCUT2D eigenvalue weighted by atomic mass is 16.5. The molecule has 5 aromatic carbocycles. The van der Waals surface area contributed by atoms with E-state index in [-0.39, 0.29) is 13.1 Å². The Balaban J connectivity index is 1.08. The van der Waals surface area contributed by atoms with Gasteiger partial charge in [0.25, 0.3) is 11.8 Å². The molecule has 6 N–H and O–H groups in total. The molecule has 346 valence electrons. The van der Waals surface area contributed by atoms with Crippen LogP contribution in [0.25, 0.3) is 21.8 Å². The van der Waals surface area contributed by atoms with E-state index in [0.717, 1.165) is 27.4 Å². The van der Waals surface area contributed by atoms with Crippen molar-refractivity contribution >= 4 is 69.0 Å². The molecule has 0 bridgehead atoms. The van der Waals surface area contributed by atoms with Crippen molar-refractivity contribution in [3.8, 4) is 5.75 Å². The number of ether oxygens (including phenoxy) is 2. The van der Waals surface area contributed by atoms with Crippen molar-refractivity contribution < 1.29 is 48.5 Å². The predicted molar refractivity (Wildman–Crippen MR) is 250 cm³/mol. The molecule has 0 saturated carbocycles. The second-order valence-corrected chi connectivity index (χ2v) is 16.5. The number of rotatable bonds is 16. The summed E-state index contributed by atoms with van der Waals surface area (Å²) in [6.07, 6.45) is -0.809. The van der Waals surface area contributed by atoms with Crippen molar-refractivity contribution in [3.63, 3.8) is 0 Å². The number of fused-ring (bicyclic) bond motifs is 3. The van der Waals surface area contributed by atoms with Gasteiger partial charge in [0.15, 0.2) is 0 Å². The summed E-state index contributed by atoms with van der Waals surface area (Å²) in [6, 6.07) is 31.8. The molecule has 0 aliphatic carbocycles. The minimum atomic E-state index is -1.36. The van der Waals surface area contributed by atoms with Crippen LogP contribution in [0, 0.1) is 0 Å². The Kier molecular flexibility index (Phi) is 14.0. The first kappa shape index (κ1) is 45.6. The Bertz CT molecular complexity index is 2640. The monoisotopic (exact) mass is 909 g/mol. The molecule has 6 aromatic rings. The quantitative estimate of drug-likeness (QED) is 0.0561. The maximum absolute atomic E-state index is 14.1. The molecule has 0 spiro atoms. The van der Waals surface area contributed by atoms with Gasteiger partial charge < -0.3 is 55.3 Å². The molecule has 2 fully saturated rings. The van der Waals surface area contributed by atoms with Gasteiger partial charge in [-0.15, -0.1) is 0 Å². The Morgan fingerprint density at radius 2 is 1.10 bits per heavy atom. The van der Waals surface area contributed by atoms with Crippen LogP contribution in [0.5, 0.6) is 5.75 Å². The van der Waals surface area contributed by atoms with E-state index in [4.69, 9.17) is 9.47 Å². The molecular formula is C50H51N7O10. The zero-order valence-corrected chi connectivity index (χ0v) is 36.7. The van der Waals surface area contributed by atoms with Crippen LogP contribution >= 0.6 is 0 Å². The van der Waals surface area contributed by atoms with Crippen molar-refractivity contribution in [1.82, 2.24) is 25.0 Å². The van der Waals surface area contributed by atoms with E-state index in [1.807, 2.05) is 48.5 Å². The van der Waals surface area contributed by atoms with E-state index in [2.05, 4.69) is 25.8 Å². The number of benzene rings is 5. The number of carbonyl (C=O) groups is 6. The number of amides is 6. The van der Waals surface area contributed by atoms with Crippen LogP contribution in [0.1, 0.15) is 54.5 Å². The van der Waals surface area contributed by atoms with Gasteiger partial charge in [-0.05, 0) is 78.8 Å². The van der Waals surface area contributed by atoms with Crippen LogP contribution < -0.4 is 26.0 Å². The molecule has 0 radical (unpaired) electrons. The highest BCUT2D eigenvalue weighted by Gasteiger charge is 2.40. The SMILES string of the molecule is COCCOc1cccc(Cn2c3cc(NC(=O)[C@@H]4CCCN4C(=O)C(NC(=O)O)c4ccccc4)ccc3c3ccc(NC(=O)[C@@H]4CCCN4C(=O)C(NC(=O)O)c4ccccc4)cc32)c1. The van der Waals surface area contributed by atoms with Gasteiger partial charge in [0.2, 0.25) is 11.8 Å².